The first-order valence-electron chi connectivity index (χ1n) is 6.40. The molecule has 0 aromatic heterocycles. The van der Waals surface area contributed by atoms with Crippen molar-refractivity contribution in [3.63, 3.8) is 0 Å². The van der Waals surface area contributed by atoms with Crippen LogP contribution >= 0.6 is 0 Å². The summed E-state index contributed by atoms with van der Waals surface area (Å²) >= 11 is 0. The van der Waals surface area contributed by atoms with Crippen molar-refractivity contribution in [1.29, 1.82) is 0 Å². The lowest BCUT2D eigenvalue weighted by Gasteiger charge is -2.28. The monoisotopic (exact) mass is 225 g/mol. The maximum Gasteiger partial charge on any atom is 0.241 e. The second-order valence-electron chi connectivity index (χ2n) is 5.07. The lowest BCUT2D eigenvalue weighted by Crippen LogP contribution is -2.43. The number of rotatable bonds is 3. The SMILES string of the molecule is CCC1NC(C)N(CC2CCCN2C)C1=O. The Labute approximate surface area is 98.0 Å². The summed E-state index contributed by atoms with van der Waals surface area (Å²) in [6.45, 7) is 6.21. The van der Waals surface area contributed by atoms with Gasteiger partial charge in [-0.1, -0.05) is 6.92 Å². The van der Waals surface area contributed by atoms with Crippen molar-refractivity contribution in [3.8, 4) is 0 Å². The zero-order valence-corrected chi connectivity index (χ0v) is 10.6. The summed E-state index contributed by atoms with van der Waals surface area (Å²) in [5.41, 5.74) is 0. The molecule has 0 spiro atoms. The molecule has 4 nitrogen and oxygen atoms in total. The summed E-state index contributed by atoms with van der Waals surface area (Å²) in [7, 11) is 2.16. The molecule has 0 aliphatic carbocycles. The third kappa shape index (κ3) is 2.09. The van der Waals surface area contributed by atoms with Crippen molar-refractivity contribution < 1.29 is 4.79 Å². The van der Waals surface area contributed by atoms with Gasteiger partial charge in [0.05, 0.1) is 12.2 Å². The molecular formula is C12H23N3O. The van der Waals surface area contributed by atoms with Gasteiger partial charge in [0, 0.05) is 12.6 Å². The van der Waals surface area contributed by atoms with E-state index in [4.69, 9.17) is 0 Å². The number of carbonyl (C=O) groups excluding carboxylic acids is 1. The minimum Gasteiger partial charge on any atom is -0.325 e. The van der Waals surface area contributed by atoms with Crippen molar-refractivity contribution in [1.82, 2.24) is 15.1 Å². The first-order chi connectivity index (χ1) is 7.63. The van der Waals surface area contributed by atoms with E-state index in [0.717, 1.165) is 13.0 Å². The van der Waals surface area contributed by atoms with Crippen molar-refractivity contribution >= 4 is 5.91 Å². The summed E-state index contributed by atoms with van der Waals surface area (Å²) in [5, 5.41) is 3.35. The van der Waals surface area contributed by atoms with Gasteiger partial charge in [-0.25, -0.2) is 0 Å². The molecule has 92 valence electrons. The van der Waals surface area contributed by atoms with Crippen LogP contribution in [0.1, 0.15) is 33.1 Å². The number of hydrogen-bond donors (Lipinski definition) is 1. The van der Waals surface area contributed by atoms with Gasteiger partial charge < -0.3 is 9.80 Å². The number of likely N-dealkylation sites (N-methyl/N-ethyl adjacent to an activating group) is 1. The van der Waals surface area contributed by atoms with Crippen LogP contribution in [0.5, 0.6) is 0 Å². The highest BCUT2D eigenvalue weighted by molar-refractivity contribution is 5.84. The molecule has 2 saturated heterocycles. The van der Waals surface area contributed by atoms with Gasteiger partial charge in [-0.3, -0.25) is 10.1 Å². The van der Waals surface area contributed by atoms with Crippen LogP contribution in [0.25, 0.3) is 0 Å². The Kier molecular flexibility index (Phi) is 3.50. The minimum atomic E-state index is 0.0432. The van der Waals surface area contributed by atoms with Crippen LogP contribution in [0.15, 0.2) is 0 Å². The largest absolute Gasteiger partial charge is 0.325 e. The number of hydrogen-bond acceptors (Lipinski definition) is 3. The van der Waals surface area contributed by atoms with E-state index >= 15 is 0 Å². The molecular weight excluding hydrogens is 202 g/mol. The number of amides is 1. The Balaban J connectivity index is 1.96. The highest BCUT2D eigenvalue weighted by atomic mass is 16.2. The number of carbonyl (C=O) groups is 1. The fourth-order valence-electron chi connectivity index (χ4n) is 2.82. The predicted molar refractivity (Wildman–Crippen MR) is 64.0 cm³/mol. The molecule has 0 bridgehead atoms. The van der Waals surface area contributed by atoms with Crippen LogP contribution < -0.4 is 5.32 Å². The van der Waals surface area contributed by atoms with E-state index in [-0.39, 0.29) is 18.1 Å². The first-order valence-corrected chi connectivity index (χ1v) is 6.40. The third-order valence-electron chi connectivity index (χ3n) is 3.98. The van der Waals surface area contributed by atoms with Crippen LogP contribution in [0.2, 0.25) is 0 Å². The smallest absolute Gasteiger partial charge is 0.241 e. The summed E-state index contributed by atoms with van der Waals surface area (Å²) < 4.78 is 0. The van der Waals surface area contributed by atoms with Gasteiger partial charge >= 0.3 is 0 Å². The van der Waals surface area contributed by atoms with E-state index in [1.807, 2.05) is 4.90 Å². The molecule has 2 aliphatic heterocycles. The standard InChI is InChI=1S/C12H23N3O/c1-4-11-12(16)15(9(2)13-11)8-10-6-5-7-14(10)3/h9-11,13H,4-8H2,1-3H3. The number of nitrogens with one attached hydrogen (secondary N) is 1. The van der Waals surface area contributed by atoms with E-state index in [0.29, 0.717) is 6.04 Å². The Morgan fingerprint density at radius 2 is 2.25 bits per heavy atom. The summed E-state index contributed by atoms with van der Waals surface area (Å²) in [6, 6.07) is 0.602. The molecule has 0 saturated carbocycles. The zero-order valence-electron chi connectivity index (χ0n) is 10.6. The van der Waals surface area contributed by atoms with E-state index in [1.165, 1.54) is 19.4 Å². The summed E-state index contributed by atoms with van der Waals surface area (Å²) in [4.78, 5) is 16.5. The van der Waals surface area contributed by atoms with Crippen molar-refractivity contribution in [2.24, 2.45) is 0 Å². The molecule has 0 radical (unpaired) electrons. The lowest BCUT2D eigenvalue weighted by atomic mass is 10.2. The summed E-state index contributed by atoms with van der Waals surface area (Å²) in [5.74, 6) is 0.287. The fraction of sp³-hybridized carbons (Fsp3) is 0.917. The van der Waals surface area contributed by atoms with Crippen LogP contribution in [0.3, 0.4) is 0 Å². The van der Waals surface area contributed by atoms with Crippen LogP contribution in [0.4, 0.5) is 0 Å². The Hall–Kier alpha value is -0.610. The highest BCUT2D eigenvalue weighted by Gasteiger charge is 2.37. The average Bonchev–Trinajstić information content (AvgIpc) is 2.77. The Morgan fingerprint density at radius 1 is 1.50 bits per heavy atom. The normalized spacial score (nSPS) is 36.3. The first kappa shape index (κ1) is 11.9. The molecule has 2 heterocycles. The third-order valence-corrected chi connectivity index (χ3v) is 3.98. The van der Waals surface area contributed by atoms with Crippen LogP contribution in [-0.4, -0.2) is 54.1 Å². The maximum absolute atomic E-state index is 12.1. The molecule has 0 aromatic rings. The van der Waals surface area contributed by atoms with Gasteiger partial charge in [-0.05, 0) is 39.8 Å². The molecule has 3 atom stereocenters. The van der Waals surface area contributed by atoms with E-state index in [1.54, 1.807) is 0 Å². The van der Waals surface area contributed by atoms with Gasteiger partial charge in [0.2, 0.25) is 5.91 Å². The molecule has 3 unspecified atom stereocenters. The minimum absolute atomic E-state index is 0.0432. The number of likely N-dealkylation sites (tertiary alicyclic amines) is 1. The molecule has 4 heteroatoms. The predicted octanol–water partition coefficient (Wildman–Crippen LogP) is 0.637. The van der Waals surface area contributed by atoms with Crippen molar-refractivity contribution in [2.75, 3.05) is 20.1 Å². The lowest BCUT2D eigenvalue weighted by molar-refractivity contribution is -0.130. The molecule has 2 rings (SSSR count). The molecule has 16 heavy (non-hydrogen) atoms. The maximum atomic E-state index is 12.1. The van der Waals surface area contributed by atoms with Crippen LogP contribution in [0, 0.1) is 0 Å². The van der Waals surface area contributed by atoms with Gasteiger partial charge in [0.25, 0.3) is 0 Å². The quantitative estimate of drug-likeness (QED) is 0.765. The van der Waals surface area contributed by atoms with E-state index < -0.39 is 0 Å². The fourth-order valence-corrected chi connectivity index (χ4v) is 2.82. The Bertz CT molecular complexity index is 269. The Morgan fingerprint density at radius 3 is 2.75 bits per heavy atom. The van der Waals surface area contributed by atoms with Gasteiger partial charge in [-0.2, -0.15) is 0 Å². The van der Waals surface area contributed by atoms with Gasteiger partial charge in [0.15, 0.2) is 0 Å². The second kappa shape index (κ2) is 4.72. The van der Waals surface area contributed by atoms with Crippen molar-refractivity contribution in [2.45, 2.75) is 51.4 Å². The zero-order chi connectivity index (χ0) is 11.7. The second-order valence-corrected chi connectivity index (χ2v) is 5.07. The molecule has 2 fully saturated rings. The summed E-state index contributed by atoms with van der Waals surface area (Å²) in [6.07, 6.45) is 3.58. The topological polar surface area (TPSA) is 35.6 Å². The van der Waals surface area contributed by atoms with Gasteiger partial charge in [0.1, 0.15) is 0 Å². The average molecular weight is 225 g/mol. The highest BCUT2D eigenvalue weighted by Crippen LogP contribution is 2.20. The molecule has 1 amide bonds. The van der Waals surface area contributed by atoms with Gasteiger partial charge in [-0.15, -0.1) is 0 Å². The molecule has 0 aromatic carbocycles. The van der Waals surface area contributed by atoms with E-state index in [2.05, 4.69) is 31.1 Å². The molecule has 2 aliphatic rings. The van der Waals surface area contributed by atoms with Crippen molar-refractivity contribution in [3.05, 3.63) is 0 Å². The van der Waals surface area contributed by atoms with Crippen LogP contribution in [-0.2, 0) is 4.79 Å². The molecule has 1 N–H and O–H groups in total. The number of nitrogens with zero attached hydrogens (tertiary/aromatic N) is 2. The van der Waals surface area contributed by atoms with E-state index in [9.17, 15) is 4.79 Å².